The second-order valence-corrected chi connectivity index (χ2v) is 11.4. The number of likely N-dealkylation sites (tertiary alicyclic amines) is 1. The van der Waals surface area contributed by atoms with E-state index < -0.39 is 12.1 Å². The molecule has 9 heteroatoms. The van der Waals surface area contributed by atoms with Gasteiger partial charge in [-0.25, -0.2) is 9.97 Å². The number of fused-ring (bicyclic) bond motifs is 1. The van der Waals surface area contributed by atoms with Crippen LogP contribution in [0.15, 0.2) is 42.6 Å². The van der Waals surface area contributed by atoms with Crippen LogP contribution in [-0.4, -0.2) is 63.6 Å². The van der Waals surface area contributed by atoms with Crippen molar-refractivity contribution in [2.45, 2.75) is 70.0 Å². The highest BCUT2D eigenvalue weighted by molar-refractivity contribution is 7.18. The summed E-state index contributed by atoms with van der Waals surface area (Å²) in [6, 6.07) is 11.0. The van der Waals surface area contributed by atoms with Crippen LogP contribution in [0, 0.1) is 5.92 Å². The second kappa shape index (κ2) is 12.3. The summed E-state index contributed by atoms with van der Waals surface area (Å²) in [6.45, 7) is 2.73. The van der Waals surface area contributed by atoms with Crippen molar-refractivity contribution < 1.29 is 14.7 Å². The number of nitrogens with one attached hydrogen (secondary N) is 2. The average molecular weight is 536 g/mol. The maximum Gasteiger partial charge on any atom is 0.246 e. The molecule has 1 saturated carbocycles. The first kappa shape index (κ1) is 26.7. The number of carbonyl (C=O) groups excluding carboxylic acids is 2. The van der Waals surface area contributed by atoms with Crippen LogP contribution in [0.2, 0.25) is 0 Å². The molecule has 0 spiro atoms. The molecule has 8 nitrogen and oxygen atoms in total. The lowest BCUT2D eigenvalue weighted by atomic mass is 9.83. The molecule has 2 aliphatic rings. The van der Waals surface area contributed by atoms with Gasteiger partial charge in [-0.1, -0.05) is 60.9 Å². The fourth-order valence-corrected chi connectivity index (χ4v) is 6.89. The summed E-state index contributed by atoms with van der Waals surface area (Å²) in [5, 5.41) is 16.1. The van der Waals surface area contributed by atoms with Gasteiger partial charge in [0.15, 0.2) is 0 Å². The molecule has 0 bridgehead atoms. The molecule has 3 aromatic rings. The second-order valence-electron chi connectivity index (χ2n) is 10.4. The third kappa shape index (κ3) is 5.75. The highest BCUT2D eigenvalue weighted by Gasteiger charge is 2.40. The van der Waals surface area contributed by atoms with Crippen molar-refractivity contribution in [1.82, 2.24) is 25.5 Å². The summed E-state index contributed by atoms with van der Waals surface area (Å²) >= 11 is 1.56. The topological polar surface area (TPSA) is 107 Å². The van der Waals surface area contributed by atoms with Gasteiger partial charge in [0.2, 0.25) is 11.8 Å². The molecule has 5 rings (SSSR count). The van der Waals surface area contributed by atoms with Crippen molar-refractivity contribution >= 4 is 33.5 Å². The van der Waals surface area contributed by atoms with Crippen LogP contribution in [0.4, 0.5) is 0 Å². The minimum Gasteiger partial charge on any atom is -0.395 e. The number of aliphatic hydroxyl groups is 1. The summed E-state index contributed by atoms with van der Waals surface area (Å²) in [5.41, 5.74) is 3.02. The van der Waals surface area contributed by atoms with Gasteiger partial charge in [-0.05, 0) is 50.2 Å². The van der Waals surface area contributed by atoms with Crippen LogP contribution in [0.25, 0.3) is 21.5 Å². The smallest absolute Gasteiger partial charge is 0.246 e. The number of hydrogen-bond acceptors (Lipinski definition) is 7. The SMILES string of the molecule is C[C@H](NCCO)C(=O)N[C@H](C(=O)N1CCC[C@H]1c1nc2c(-c3ccccc3)ccnc2s1)C1CCCCC1. The van der Waals surface area contributed by atoms with Crippen LogP contribution >= 0.6 is 11.3 Å². The molecular weight excluding hydrogens is 498 g/mol. The third-order valence-electron chi connectivity index (χ3n) is 7.86. The number of nitrogens with zero attached hydrogens (tertiary/aromatic N) is 3. The third-order valence-corrected chi connectivity index (χ3v) is 8.92. The molecule has 3 atom stereocenters. The molecule has 3 heterocycles. The van der Waals surface area contributed by atoms with E-state index in [2.05, 4.69) is 27.8 Å². The molecule has 1 aromatic carbocycles. The summed E-state index contributed by atoms with van der Waals surface area (Å²) < 4.78 is 0. The Labute approximate surface area is 227 Å². The van der Waals surface area contributed by atoms with Crippen molar-refractivity contribution in [2.75, 3.05) is 19.7 Å². The molecule has 1 aliphatic heterocycles. The van der Waals surface area contributed by atoms with Gasteiger partial charge < -0.3 is 20.6 Å². The van der Waals surface area contributed by atoms with Crippen LogP contribution in [0.3, 0.4) is 0 Å². The summed E-state index contributed by atoms with van der Waals surface area (Å²) in [5.74, 6) is -0.0689. The predicted octanol–water partition coefficient (Wildman–Crippen LogP) is 4.06. The number of rotatable bonds is 9. The Hall–Kier alpha value is -2.88. The summed E-state index contributed by atoms with van der Waals surface area (Å²) in [7, 11) is 0. The monoisotopic (exact) mass is 535 g/mol. The molecule has 2 fully saturated rings. The largest absolute Gasteiger partial charge is 0.395 e. The van der Waals surface area contributed by atoms with Crippen LogP contribution < -0.4 is 10.6 Å². The number of pyridine rings is 1. The molecule has 38 heavy (non-hydrogen) atoms. The normalized spacial score (nSPS) is 19.9. The van der Waals surface area contributed by atoms with Crippen molar-refractivity contribution in [3.8, 4) is 11.1 Å². The van der Waals surface area contributed by atoms with Crippen molar-refractivity contribution in [1.29, 1.82) is 0 Å². The fraction of sp³-hybridized carbons (Fsp3) is 0.517. The van der Waals surface area contributed by atoms with Gasteiger partial charge >= 0.3 is 0 Å². The van der Waals surface area contributed by atoms with Crippen LogP contribution in [0.1, 0.15) is 62.9 Å². The average Bonchev–Trinajstić information content (AvgIpc) is 3.62. The van der Waals surface area contributed by atoms with Crippen LogP contribution in [-0.2, 0) is 9.59 Å². The fourth-order valence-electron chi connectivity index (χ4n) is 5.81. The lowest BCUT2D eigenvalue weighted by molar-refractivity contribution is -0.139. The van der Waals surface area contributed by atoms with E-state index in [0.29, 0.717) is 13.1 Å². The van der Waals surface area contributed by atoms with Gasteiger partial charge in [0, 0.05) is 24.8 Å². The van der Waals surface area contributed by atoms with E-state index in [4.69, 9.17) is 10.1 Å². The molecular formula is C29H37N5O3S. The highest BCUT2D eigenvalue weighted by Crippen LogP contribution is 2.39. The lowest BCUT2D eigenvalue weighted by Crippen LogP contribution is -2.56. The molecule has 1 saturated heterocycles. The van der Waals surface area contributed by atoms with E-state index in [-0.39, 0.29) is 30.4 Å². The predicted molar refractivity (Wildman–Crippen MR) is 150 cm³/mol. The number of hydrogen-bond donors (Lipinski definition) is 3. The number of aromatic nitrogens is 2. The van der Waals surface area contributed by atoms with Gasteiger partial charge in [0.25, 0.3) is 0 Å². The quantitative estimate of drug-likeness (QED) is 0.382. The molecule has 3 N–H and O–H groups in total. The number of thiazole rings is 1. The van der Waals surface area contributed by atoms with Crippen molar-refractivity contribution in [3.63, 3.8) is 0 Å². The van der Waals surface area contributed by atoms with E-state index in [1.807, 2.05) is 35.4 Å². The zero-order valence-corrected chi connectivity index (χ0v) is 22.8. The Bertz CT molecular complexity index is 1240. The Kier molecular flexibility index (Phi) is 8.66. The van der Waals surface area contributed by atoms with Gasteiger partial charge in [0.05, 0.1) is 18.7 Å². The maximum atomic E-state index is 14.1. The molecule has 2 aromatic heterocycles. The maximum absolute atomic E-state index is 14.1. The van der Waals surface area contributed by atoms with Crippen molar-refractivity contribution in [2.24, 2.45) is 5.92 Å². The summed E-state index contributed by atoms with van der Waals surface area (Å²) in [6.07, 6.45) is 8.81. The van der Waals surface area contributed by atoms with Gasteiger partial charge in [-0.15, -0.1) is 0 Å². The Morgan fingerprint density at radius 3 is 2.66 bits per heavy atom. The van der Waals surface area contributed by atoms with Crippen LogP contribution in [0.5, 0.6) is 0 Å². The number of benzene rings is 1. The Morgan fingerprint density at radius 2 is 1.89 bits per heavy atom. The molecule has 202 valence electrons. The summed E-state index contributed by atoms with van der Waals surface area (Å²) in [4.78, 5) is 39.6. The molecule has 2 amide bonds. The number of carbonyl (C=O) groups is 2. The molecule has 1 aliphatic carbocycles. The molecule has 0 unspecified atom stereocenters. The van der Waals surface area contributed by atoms with E-state index in [1.165, 1.54) is 6.42 Å². The zero-order chi connectivity index (χ0) is 26.5. The van der Waals surface area contributed by atoms with Gasteiger partial charge in [-0.3, -0.25) is 9.59 Å². The number of aliphatic hydroxyl groups excluding tert-OH is 1. The van der Waals surface area contributed by atoms with E-state index >= 15 is 0 Å². The standard InChI is InChI=1S/C29H37N5O3S/c1-19(30-16-18-35)26(36)32-24(21-11-6-3-7-12-21)29(37)34-17-8-13-23(34)27-33-25-22(14-15-31-28(25)38-27)20-9-4-2-5-10-20/h2,4-5,9-10,14-15,19,21,23-24,30,35H,3,6-8,11-13,16-18H2,1H3,(H,32,36)/t19-,23-,24-/m0/s1. The zero-order valence-electron chi connectivity index (χ0n) is 21.9. The van der Waals surface area contributed by atoms with Crippen molar-refractivity contribution in [3.05, 3.63) is 47.6 Å². The lowest BCUT2D eigenvalue weighted by Gasteiger charge is -2.35. The molecule has 0 radical (unpaired) electrons. The number of amides is 2. The van der Waals surface area contributed by atoms with E-state index in [0.717, 1.165) is 65.0 Å². The highest BCUT2D eigenvalue weighted by atomic mass is 32.1. The minimum absolute atomic E-state index is 0.00222. The van der Waals surface area contributed by atoms with E-state index in [9.17, 15) is 9.59 Å². The Morgan fingerprint density at radius 1 is 1.11 bits per heavy atom. The van der Waals surface area contributed by atoms with Gasteiger partial charge in [-0.2, -0.15) is 0 Å². The minimum atomic E-state index is -0.547. The first-order chi connectivity index (χ1) is 18.6. The van der Waals surface area contributed by atoms with Gasteiger partial charge in [0.1, 0.15) is 21.4 Å². The first-order valence-corrected chi connectivity index (χ1v) is 14.6. The van der Waals surface area contributed by atoms with E-state index in [1.54, 1.807) is 18.3 Å². The first-order valence-electron chi connectivity index (χ1n) is 13.8. The Balaban J connectivity index is 1.40.